The Morgan fingerprint density at radius 3 is 2.43 bits per heavy atom. The Balaban J connectivity index is 1.39. The van der Waals surface area contributed by atoms with Gasteiger partial charge < -0.3 is 10.5 Å². The topological polar surface area (TPSA) is 114 Å². The van der Waals surface area contributed by atoms with Crippen LogP contribution in [0.25, 0.3) is 27.9 Å². The quantitative estimate of drug-likeness (QED) is 0.263. The molecule has 10 nitrogen and oxygen atoms in total. The lowest BCUT2D eigenvalue weighted by molar-refractivity contribution is -0.141. The van der Waals surface area contributed by atoms with Crippen LogP contribution >= 0.6 is 0 Å². The second kappa shape index (κ2) is 10.5. The van der Waals surface area contributed by atoms with Gasteiger partial charge in [0.25, 0.3) is 5.92 Å². The Labute approximate surface area is 235 Å². The first-order valence-electron chi connectivity index (χ1n) is 13.2. The van der Waals surface area contributed by atoms with Crippen molar-refractivity contribution in [1.82, 2.24) is 39.1 Å². The highest BCUT2D eigenvalue weighted by atomic mass is 19.4. The van der Waals surface area contributed by atoms with E-state index < -0.39 is 24.3 Å². The van der Waals surface area contributed by atoms with Gasteiger partial charge in [-0.05, 0) is 36.5 Å². The molecule has 1 fully saturated rings. The van der Waals surface area contributed by atoms with Crippen molar-refractivity contribution >= 4 is 11.6 Å². The van der Waals surface area contributed by atoms with Crippen LogP contribution in [0, 0.1) is 5.92 Å². The fourth-order valence-corrected chi connectivity index (χ4v) is 5.31. The second-order valence-corrected chi connectivity index (χ2v) is 10.5. The summed E-state index contributed by atoms with van der Waals surface area (Å²) in [6.07, 6.45) is 6.27. The van der Waals surface area contributed by atoms with Crippen LogP contribution in [-0.4, -0.2) is 58.3 Å². The number of pyridine rings is 2. The molecule has 1 saturated heterocycles. The van der Waals surface area contributed by atoms with Crippen molar-refractivity contribution < 1.29 is 26.7 Å². The number of rotatable bonds is 7. The zero-order valence-corrected chi connectivity index (χ0v) is 22.3. The molecular formula is C27H26F5N9O. The molecule has 0 radical (unpaired) electrons. The van der Waals surface area contributed by atoms with E-state index in [0.29, 0.717) is 59.5 Å². The summed E-state index contributed by atoms with van der Waals surface area (Å²) >= 11 is 0. The molecule has 0 aliphatic carbocycles. The van der Waals surface area contributed by atoms with E-state index >= 15 is 0 Å². The molecule has 5 aromatic heterocycles. The Morgan fingerprint density at radius 2 is 1.74 bits per heavy atom. The fourth-order valence-electron chi connectivity index (χ4n) is 5.31. The summed E-state index contributed by atoms with van der Waals surface area (Å²) < 4.78 is 76.6. The SMILES string of the molecule is CC(F)(F)Cn1cc(-c2cc(-c3cnn(C(c4ccc(C(F)(F)F)nc4)C4CCOCC4)c3)cn3nc(N)nc23)cn1. The molecule has 1 aliphatic heterocycles. The lowest BCUT2D eigenvalue weighted by atomic mass is 9.87. The van der Waals surface area contributed by atoms with Gasteiger partial charge in [0.2, 0.25) is 5.95 Å². The minimum absolute atomic E-state index is 0.0333. The van der Waals surface area contributed by atoms with E-state index in [9.17, 15) is 22.0 Å². The number of ether oxygens (including phenoxy) is 1. The zero-order valence-electron chi connectivity index (χ0n) is 22.3. The largest absolute Gasteiger partial charge is 0.433 e. The number of hydrogen-bond donors (Lipinski definition) is 1. The van der Waals surface area contributed by atoms with Crippen molar-refractivity contribution in [3.63, 3.8) is 0 Å². The number of hydrogen-bond acceptors (Lipinski definition) is 7. The number of fused-ring (bicyclic) bond motifs is 1. The highest BCUT2D eigenvalue weighted by molar-refractivity contribution is 5.81. The summed E-state index contributed by atoms with van der Waals surface area (Å²) in [7, 11) is 0. The number of alkyl halides is 5. The van der Waals surface area contributed by atoms with Gasteiger partial charge in [-0.2, -0.15) is 28.4 Å². The molecule has 2 N–H and O–H groups in total. The molecule has 220 valence electrons. The standard InChI is InChI=1S/C27H26F5N9O/c1-26(28,29)15-39-12-20(11-35-39)21-8-18(13-41-24(21)37-25(33)38-41)19-10-36-40(14-19)23(16-4-6-42-7-5-16)17-2-3-22(34-9-17)27(30,31)32/h2-3,8-14,16,23H,4-7,15H2,1H3,(H2,33,38). The first-order valence-corrected chi connectivity index (χ1v) is 13.2. The molecule has 1 atom stereocenters. The maximum Gasteiger partial charge on any atom is 0.433 e. The van der Waals surface area contributed by atoms with Gasteiger partial charge in [0.05, 0.1) is 18.4 Å². The molecule has 0 spiro atoms. The van der Waals surface area contributed by atoms with Gasteiger partial charge >= 0.3 is 6.18 Å². The molecule has 5 aromatic rings. The van der Waals surface area contributed by atoms with E-state index in [2.05, 4.69) is 25.3 Å². The Kier molecular flexibility index (Phi) is 6.91. The van der Waals surface area contributed by atoms with E-state index in [-0.39, 0.29) is 17.9 Å². The molecule has 1 aliphatic rings. The van der Waals surface area contributed by atoms with E-state index in [1.165, 1.54) is 29.2 Å². The predicted molar refractivity (Wildman–Crippen MR) is 141 cm³/mol. The summed E-state index contributed by atoms with van der Waals surface area (Å²) in [6, 6.07) is 3.86. The maximum atomic E-state index is 13.6. The molecule has 0 aromatic carbocycles. The van der Waals surface area contributed by atoms with E-state index in [4.69, 9.17) is 10.5 Å². The molecule has 0 saturated carbocycles. The summed E-state index contributed by atoms with van der Waals surface area (Å²) in [5.41, 5.74) is 8.42. The van der Waals surface area contributed by atoms with Crippen LogP contribution in [-0.2, 0) is 17.5 Å². The summed E-state index contributed by atoms with van der Waals surface area (Å²) in [5, 5.41) is 12.9. The predicted octanol–water partition coefficient (Wildman–Crippen LogP) is 5.12. The summed E-state index contributed by atoms with van der Waals surface area (Å²) in [4.78, 5) is 7.97. The normalized spacial score (nSPS) is 15.9. The van der Waals surface area contributed by atoms with Crippen LogP contribution < -0.4 is 5.73 Å². The molecule has 15 heteroatoms. The smallest absolute Gasteiger partial charge is 0.381 e. The van der Waals surface area contributed by atoms with Gasteiger partial charge in [-0.3, -0.25) is 14.3 Å². The average Bonchev–Trinajstić information content (AvgIpc) is 3.67. The average molecular weight is 588 g/mol. The number of nitrogens with zero attached hydrogens (tertiary/aromatic N) is 8. The van der Waals surface area contributed by atoms with Gasteiger partial charge in [0, 0.05) is 67.2 Å². The summed E-state index contributed by atoms with van der Waals surface area (Å²) in [5.74, 6) is -2.86. The van der Waals surface area contributed by atoms with Crippen molar-refractivity contribution in [3.05, 3.63) is 66.6 Å². The monoisotopic (exact) mass is 587 g/mol. The minimum atomic E-state index is -4.54. The molecule has 1 unspecified atom stereocenters. The van der Waals surface area contributed by atoms with Crippen LogP contribution in [0.2, 0.25) is 0 Å². The first-order chi connectivity index (χ1) is 19.9. The molecule has 6 rings (SSSR count). The minimum Gasteiger partial charge on any atom is -0.381 e. The van der Waals surface area contributed by atoms with Gasteiger partial charge in [-0.1, -0.05) is 6.07 Å². The second-order valence-electron chi connectivity index (χ2n) is 10.5. The third-order valence-corrected chi connectivity index (χ3v) is 7.18. The number of nitrogen functional groups attached to an aromatic ring is 1. The third-order valence-electron chi connectivity index (χ3n) is 7.18. The van der Waals surface area contributed by atoms with Crippen LogP contribution in [0.3, 0.4) is 0 Å². The number of nitrogens with two attached hydrogens (primary N) is 1. The van der Waals surface area contributed by atoms with Crippen molar-refractivity contribution in [1.29, 1.82) is 0 Å². The van der Waals surface area contributed by atoms with Crippen molar-refractivity contribution in [2.24, 2.45) is 5.92 Å². The lowest BCUT2D eigenvalue weighted by Gasteiger charge is -2.30. The molecule has 6 heterocycles. The van der Waals surface area contributed by atoms with Gasteiger partial charge in [-0.15, -0.1) is 5.10 Å². The van der Waals surface area contributed by atoms with E-state index in [1.54, 1.807) is 17.1 Å². The lowest BCUT2D eigenvalue weighted by Crippen LogP contribution is -2.27. The number of aromatic nitrogens is 8. The van der Waals surface area contributed by atoms with E-state index in [0.717, 1.165) is 17.7 Å². The summed E-state index contributed by atoms with van der Waals surface area (Å²) in [6.45, 7) is 1.30. The van der Waals surface area contributed by atoms with Crippen LogP contribution in [0.4, 0.5) is 27.9 Å². The van der Waals surface area contributed by atoms with Crippen LogP contribution in [0.5, 0.6) is 0 Å². The van der Waals surface area contributed by atoms with Crippen LogP contribution in [0.1, 0.15) is 37.1 Å². The Morgan fingerprint density at radius 1 is 0.976 bits per heavy atom. The van der Waals surface area contributed by atoms with Crippen molar-refractivity contribution in [2.75, 3.05) is 18.9 Å². The van der Waals surface area contributed by atoms with Gasteiger partial charge in [-0.25, -0.2) is 13.3 Å². The van der Waals surface area contributed by atoms with Gasteiger partial charge in [0.1, 0.15) is 12.2 Å². The Hall–Kier alpha value is -4.40. The first kappa shape index (κ1) is 27.8. The molecule has 42 heavy (non-hydrogen) atoms. The highest BCUT2D eigenvalue weighted by Gasteiger charge is 2.34. The third kappa shape index (κ3) is 5.68. The molecular weight excluding hydrogens is 561 g/mol. The maximum absolute atomic E-state index is 13.6. The van der Waals surface area contributed by atoms with Crippen molar-refractivity contribution in [3.8, 4) is 22.3 Å². The zero-order chi connectivity index (χ0) is 29.6. The Bertz CT molecular complexity index is 1700. The van der Waals surface area contributed by atoms with Crippen molar-refractivity contribution in [2.45, 2.75) is 44.5 Å². The number of halogens is 5. The fraction of sp³-hybridized carbons (Fsp3) is 0.370. The van der Waals surface area contributed by atoms with Crippen LogP contribution in [0.15, 0.2) is 55.4 Å². The highest BCUT2D eigenvalue weighted by Crippen LogP contribution is 2.36. The number of anilines is 1. The van der Waals surface area contributed by atoms with E-state index in [1.807, 2.05) is 12.3 Å². The molecule has 0 amide bonds. The molecule has 0 bridgehead atoms. The van der Waals surface area contributed by atoms with Gasteiger partial charge in [0.15, 0.2) is 5.65 Å².